The van der Waals surface area contributed by atoms with Crippen LogP contribution in [0.1, 0.15) is 71.4 Å². The van der Waals surface area contributed by atoms with Gasteiger partial charge in [-0.1, -0.05) is 30.7 Å². The standard InChI is InChI=1S/C23H33ClN2O3S/c1-22(2,3)30(29)14-19(16-5-6-16)26-18(15-7-9-17(24)10-8-15)11-12-23(4,21(26)28)13-20(25)27/h7-10,16,18-19H,5-6,11-14H2,1-4H3,(H2,25,27)/t18?,19?,23-,30?/m1/s1. The first-order valence-corrected chi connectivity index (χ1v) is 12.4. The molecule has 1 aliphatic heterocycles. The van der Waals surface area contributed by atoms with Gasteiger partial charge in [0.25, 0.3) is 0 Å². The first kappa shape index (κ1) is 23.4. The lowest BCUT2D eigenvalue weighted by molar-refractivity contribution is -0.155. The maximum Gasteiger partial charge on any atom is 0.229 e. The number of nitrogens with zero attached hydrogens (tertiary/aromatic N) is 1. The van der Waals surface area contributed by atoms with Crippen molar-refractivity contribution in [2.24, 2.45) is 17.1 Å². The number of likely N-dealkylation sites (tertiary alicyclic amines) is 1. The van der Waals surface area contributed by atoms with E-state index >= 15 is 0 Å². The van der Waals surface area contributed by atoms with Gasteiger partial charge in [-0.2, -0.15) is 0 Å². The molecule has 1 aliphatic carbocycles. The van der Waals surface area contributed by atoms with E-state index in [1.165, 1.54) is 0 Å². The summed E-state index contributed by atoms with van der Waals surface area (Å²) < 4.78 is 12.7. The van der Waals surface area contributed by atoms with Crippen LogP contribution in [0.5, 0.6) is 0 Å². The molecule has 4 atom stereocenters. The molecule has 0 spiro atoms. The lowest BCUT2D eigenvalue weighted by atomic mass is 9.74. The van der Waals surface area contributed by atoms with Gasteiger partial charge in [-0.3, -0.25) is 9.59 Å². The molecule has 0 radical (unpaired) electrons. The Balaban J connectivity index is 1.99. The summed E-state index contributed by atoms with van der Waals surface area (Å²) in [7, 11) is 0. The molecule has 1 heterocycles. The maximum atomic E-state index is 13.8. The van der Waals surface area contributed by atoms with Crippen molar-refractivity contribution in [3.05, 3.63) is 34.9 Å². The van der Waals surface area contributed by atoms with Crippen LogP contribution < -0.4 is 5.73 Å². The van der Waals surface area contributed by atoms with E-state index in [2.05, 4.69) is 0 Å². The Kier molecular flexibility index (Phi) is 6.80. The fourth-order valence-corrected chi connectivity index (χ4v) is 5.80. The molecule has 30 heavy (non-hydrogen) atoms. The minimum Gasteiger partial charge on any atom is -0.616 e. The SMILES string of the molecule is CC(C)(C)[S+]([O-])CC(C1CC1)N1C(=O)[C@@](C)(CC(N)=O)CCC1c1ccc(Cl)cc1. The topological polar surface area (TPSA) is 86.5 Å². The van der Waals surface area contributed by atoms with E-state index in [1.807, 2.05) is 56.9 Å². The van der Waals surface area contributed by atoms with Gasteiger partial charge in [0.05, 0.1) is 17.5 Å². The van der Waals surface area contributed by atoms with E-state index in [1.54, 1.807) is 0 Å². The zero-order chi connectivity index (χ0) is 22.3. The lowest BCUT2D eigenvalue weighted by Gasteiger charge is -2.48. The number of piperidine rings is 1. The van der Waals surface area contributed by atoms with Crippen molar-refractivity contribution >= 4 is 34.6 Å². The molecule has 5 nitrogen and oxygen atoms in total. The number of carbonyl (C=O) groups is 2. The van der Waals surface area contributed by atoms with Crippen molar-refractivity contribution < 1.29 is 14.1 Å². The molecule has 1 saturated carbocycles. The number of benzene rings is 1. The molecular weight excluding hydrogens is 420 g/mol. The molecule has 3 rings (SSSR count). The summed E-state index contributed by atoms with van der Waals surface area (Å²) in [6, 6.07) is 7.40. The minimum absolute atomic E-state index is 0.0371. The summed E-state index contributed by atoms with van der Waals surface area (Å²) in [4.78, 5) is 27.5. The number of halogens is 1. The molecule has 0 aromatic heterocycles. The van der Waals surface area contributed by atoms with Crippen LogP contribution in [0.15, 0.2) is 24.3 Å². The smallest absolute Gasteiger partial charge is 0.229 e. The first-order chi connectivity index (χ1) is 13.9. The molecular formula is C23H33ClN2O3S. The number of nitrogens with two attached hydrogens (primary N) is 1. The molecule has 2 N–H and O–H groups in total. The summed E-state index contributed by atoms with van der Waals surface area (Å²) in [5.41, 5.74) is 5.71. The Bertz CT molecular complexity index is 791. The van der Waals surface area contributed by atoms with E-state index in [0.717, 1.165) is 24.8 Å². The number of amides is 2. The number of hydrogen-bond donors (Lipinski definition) is 1. The van der Waals surface area contributed by atoms with Gasteiger partial charge in [-0.05, 0) is 81.2 Å². The molecule has 1 saturated heterocycles. The zero-order valence-electron chi connectivity index (χ0n) is 18.3. The van der Waals surface area contributed by atoms with Gasteiger partial charge in [0.2, 0.25) is 11.8 Å². The second-order valence-corrected chi connectivity index (χ2v) is 12.7. The maximum absolute atomic E-state index is 13.8. The lowest BCUT2D eigenvalue weighted by Crippen LogP contribution is -2.57. The molecule has 1 aromatic carbocycles. The quantitative estimate of drug-likeness (QED) is 0.628. The van der Waals surface area contributed by atoms with Crippen LogP contribution in [0, 0.1) is 11.3 Å². The van der Waals surface area contributed by atoms with Crippen LogP contribution in [0.4, 0.5) is 0 Å². The predicted octanol–water partition coefficient (Wildman–Crippen LogP) is 4.21. The molecule has 7 heteroatoms. The summed E-state index contributed by atoms with van der Waals surface area (Å²) in [5, 5.41) is 0.651. The second kappa shape index (κ2) is 8.71. The van der Waals surface area contributed by atoms with Gasteiger partial charge in [0, 0.05) is 11.4 Å². The van der Waals surface area contributed by atoms with E-state index in [9.17, 15) is 14.1 Å². The third-order valence-corrected chi connectivity index (χ3v) is 8.67. The molecule has 2 fully saturated rings. The van der Waals surface area contributed by atoms with E-state index in [0.29, 0.717) is 23.1 Å². The first-order valence-electron chi connectivity index (χ1n) is 10.7. The third kappa shape index (κ3) is 5.14. The van der Waals surface area contributed by atoms with Crippen molar-refractivity contribution in [2.45, 2.75) is 76.6 Å². The summed E-state index contributed by atoms with van der Waals surface area (Å²) >= 11 is 5.01. The molecule has 166 valence electrons. The van der Waals surface area contributed by atoms with Gasteiger partial charge in [-0.15, -0.1) is 0 Å². The van der Waals surface area contributed by atoms with Crippen molar-refractivity contribution in [1.82, 2.24) is 4.90 Å². The average molecular weight is 453 g/mol. The largest absolute Gasteiger partial charge is 0.616 e. The van der Waals surface area contributed by atoms with Crippen molar-refractivity contribution in [3.63, 3.8) is 0 Å². The van der Waals surface area contributed by atoms with Gasteiger partial charge in [0.15, 0.2) is 0 Å². The van der Waals surface area contributed by atoms with E-state index in [-0.39, 0.29) is 29.2 Å². The van der Waals surface area contributed by atoms with E-state index < -0.39 is 22.5 Å². The Morgan fingerprint density at radius 1 is 1.30 bits per heavy atom. The Morgan fingerprint density at radius 3 is 2.40 bits per heavy atom. The van der Waals surface area contributed by atoms with Gasteiger partial charge >= 0.3 is 0 Å². The van der Waals surface area contributed by atoms with Crippen LogP contribution in [0.3, 0.4) is 0 Å². The van der Waals surface area contributed by atoms with Crippen molar-refractivity contribution in [2.75, 3.05) is 5.75 Å². The number of primary amides is 1. The highest BCUT2D eigenvalue weighted by molar-refractivity contribution is 7.92. The third-order valence-electron chi connectivity index (χ3n) is 6.40. The molecule has 0 bridgehead atoms. The minimum atomic E-state index is -1.08. The molecule has 3 unspecified atom stereocenters. The highest BCUT2D eigenvalue weighted by atomic mass is 35.5. The van der Waals surface area contributed by atoms with Gasteiger partial charge in [0.1, 0.15) is 10.5 Å². The average Bonchev–Trinajstić information content (AvgIpc) is 3.47. The number of carbonyl (C=O) groups excluding carboxylic acids is 2. The Hall–Kier alpha value is -1.24. The number of hydrogen-bond acceptors (Lipinski definition) is 3. The molecule has 2 aliphatic rings. The highest BCUT2D eigenvalue weighted by Crippen LogP contribution is 2.48. The van der Waals surface area contributed by atoms with Crippen LogP contribution in [0.25, 0.3) is 0 Å². The Morgan fingerprint density at radius 2 is 1.90 bits per heavy atom. The second-order valence-electron chi connectivity index (χ2n) is 10.1. The van der Waals surface area contributed by atoms with Crippen LogP contribution in [-0.2, 0) is 20.8 Å². The van der Waals surface area contributed by atoms with Crippen molar-refractivity contribution in [3.8, 4) is 0 Å². The van der Waals surface area contributed by atoms with Crippen LogP contribution >= 0.6 is 11.6 Å². The fraction of sp³-hybridized carbons (Fsp3) is 0.652. The van der Waals surface area contributed by atoms with Gasteiger partial charge < -0.3 is 15.2 Å². The predicted molar refractivity (Wildman–Crippen MR) is 121 cm³/mol. The van der Waals surface area contributed by atoms with Crippen LogP contribution in [0.2, 0.25) is 5.02 Å². The Labute approximate surface area is 187 Å². The molecule has 2 amide bonds. The molecule has 1 aromatic rings. The fourth-order valence-electron chi connectivity index (χ4n) is 4.43. The highest BCUT2D eigenvalue weighted by Gasteiger charge is 2.52. The van der Waals surface area contributed by atoms with E-state index in [4.69, 9.17) is 17.3 Å². The van der Waals surface area contributed by atoms with Crippen molar-refractivity contribution in [1.29, 1.82) is 0 Å². The zero-order valence-corrected chi connectivity index (χ0v) is 19.9. The normalized spacial score (nSPS) is 27.1. The summed E-state index contributed by atoms with van der Waals surface area (Å²) in [6.45, 7) is 7.76. The summed E-state index contributed by atoms with van der Waals surface area (Å²) in [5.74, 6) is 0.301. The monoisotopic (exact) mass is 452 g/mol. The summed E-state index contributed by atoms with van der Waals surface area (Å²) in [6.07, 6.45) is 3.45. The van der Waals surface area contributed by atoms with Crippen LogP contribution in [-0.4, -0.2) is 37.8 Å². The van der Waals surface area contributed by atoms with Gasteiger partial charge in [-0.25, -0.2) is 0 Å². The number of rotatable bonds is 7.